The number of hydrogen-bond donors (Lipinski definition) is 0. The lowest BCUT2D eigenvalue weighted by atomic mass is 9.88. The fourth-order valence-corrected chi connectivity index (χ4v) is 12.0. The fourth-order valence-electron chi connectivity index (χ4n) is 5.45. The Morgan fingerprint density at radius 1 is 0.382 bits per heavy atom. The molecule has 0 spiro atoms. The Hall–Kier alpha value is -2.70. The number of hydrogen-bond acceptors (Lipinski definition) is 0. The van der Waals surface area contributed by atoms with Gasteiger partial charge in [-0.15, -0.1) is 0 Å². The summed E-state index contributed by atoms with van der Waals surface area (Å²) in [6, 6.07) is 41.2. The van der Waals surface area contributed by atoms with Crippen LogP contribution < -0.4 is 42.4 Å². The molecule has 0 aromatic heterocycles. The zero-order valence-electron chi connectivity index (χ0n) is 18.1. The van der Waals surface area contributed by atoms with Crippen molar-refractivity contribution in [3.63, 3.8) is 0 Å². The van der Waals surface area contributed by atoms with Crippen molar-refractivity contribution >= 4 is 21.5 Å². The van der Waals surface area contributed by atoms with Crippen molar-refractivity contribution in [1.82, 2.24) is 0 Å². The molecule has 0 fully saturated rings. The Labute approximate surface area is 219 Å². The predicted molar refractivity (Wildman–Crippen MR) is 133 cm³/mol. The second kappa shape index (κ2) is 7.40. The number of fused-ring (bicyclic) bond motifs is 8. The van der Waals surface area contributed by atoms with E-state index in [1.165, 1.54) is 54.9 Å². The minimum absolute atomic E-state index is 0.231. The van der Waals surface area contributed by atoms with Crippen molar-refractivity contribution in [3.8, 4) is 33.4 Å². The summed E-state index contributed by atoms with van der Waals surface area (Å²) in [6.07, 6.45) is 0. The molecular formula is C32H18I2+2. The molecular weight excluding hydrogens is 638 g/mol. The summed E-state index contributed by atoms with van der Waals surface area (Å²) in [7, 11) is 0. The normalized spacial score (nSPS) is 13.1. The van der Waals surface area contributed by atoms with E-state index in [1.54, 1.807) is 14.3 Å². The highest BCUT2D eigenvalue weighted by Gasteiger charge is 2.42. The smallest absolute Gasteiger partial charge is 0.0616 e. The van der Waals surface area contributed by atoms with E-state index in [2.05, 4.69) is 109 Å². The van der Waals surface area contributed by atoms with Gasteiger partial charge >= 0.3 is 42.4 Å². The van der Waals surface area contributed by atoms with Crippen molar-refractivity contribution in [2.45, 2.75) is 0 Å². The van der Waals surface area contributed by atoms with Crippen molar-refractivity contribution in [1.29, 1.82) is 0 Å². The van der Waals surface area contributed by atoms with Crippen LogP contribution in [0.4, 0.5) is 0 Å². The number of rotatable bonds is 1. The van der Waals surface area contributed by atoms with Gasteiger partial charge in [-0.05, 0) is 57.9 Å². The van der Waals surface area contributed by atoms with Crippen LogP contribution in [-0.4, -0.2) is 0 Å². The van der Waals surface area contributed by atoms with Crippen LogP contribution in [-0.2, 0) is 0 Å². The Bertz CT molecular complexity index is 1680. The summed E-state index contributed by atoms with van der Waals surface area (Å²) in [5, 5.41) is 5.53. The molecule has 0 radical (unpaired) electrons. The molecule has 6 aromatic rings. The highest BCUT2D eigenvalue weighted by Crippen LogP contribution is 2.42. The molecule has 2 aliphatic heterocycles. The van der Waals surface area contributed by atoms with Crippen LogP contribution in [0, 0.1) is 14.3 Å². The van der Waals surface area contributed by atoms with Crippen LogP contribution in [0.15, 0.2) is 109 Å². The minimum Gasteiger partial charge on any atom is -0.0616 e. The second-order valence-corrected chi connectivity index (χ2v) is 14.4. The van der Waals surface area contributed by atoms with Crippen molar-refractivity contribution < 1.29 is 42.4 Å². The maximum absolute atomic E-state index is 2.45. The van der Waals surface area contributed by atoms with E-state index in [0.717, 1.165) is 0 Å². The van der Waals surface area contributed by atoms with Gasteiger partial charge in [0.05, 0.1) is 0 Å². The quantitative estimate of drug-likeness (QED) is 0.237. The molecule has 0 amide bonds. The van der Waals surface area contributed by atoms with Crippen molar-refractivity contribution in [2.75, 3.05) is 0 Å². The summed E-state index contributed by atoms with van der Waals surface area (Å²) in [4.78, 5) is 0. The van der Waals surface area contributed by atoms with Crippen LogP contribution >= 0.6 is 0 Å². The second-order valence-electron chi connectivity index (χ2n) is 8.82. The maximum Gasteiger partial charge on any atom is 0.360 e. The molecule has 0 aliphatic carbocycles. The van der Waals surface area contributed by atoms with E-state index in [0.29, 0.717) is 0 Å². The predicted octanol–water partition coefficient (Wildman–Crippen LogP) is 1.88. The van der Waals surface area contributed by atoms with Gasteiger partial charge in [-0.3, -0.25) is 0 Å². The lowest BCUT2D eigenvalue weighted by Gasteiger charge is -2.12. The van der Waals surface area contributed by atoms with Crippen molar-refractivity contribution in [2.24, 2.45) is 0 Å². The van der Waals surface area contributed by atoms with Crippen LogP contribution in [0.1, 0.15) is 0 Å². The summed E-state index contributed by atoms with van der Waals surface area (Å²) in [6.45, 7) is 0. The molecule has 6 aromatic carbocycles. The average Bonchev–Trinajstić information content (AvgIpc) is 3.44. The van der Waals surface area contributed by atoms with Gasteiger partial charge in [0.15, 0.2) is 0 Å². The monoisotopic (exact) mass is 656 g/mol. The summed E-state index contributed by atoms with van der Waals surface area (Å²) in [5.41, 5.74) is 8.86. The van der Waals surface area contributed by atoms with E-state index in [4.69, 9.17) is 0 Å². The summed E-state index contributed by atoms with van der Waals surface area (Å²) in [5.74, 6) is 0. The third-order valence-electron chi connectivity index (χ3n) is 6.94. The third kappa shape index (κ3) is 2.70. The van der Waals surface area contributed by atoms with Gasteiger partial charge in [0.25, 0.3) is 0 Å². The molecule has 0 N–H and O–H groups in total. The molecule has 34 heavy (non-hydrogen) atoms. The summed E-state index contributed by atoms with van der Waals surface area (Å²) >= 11 is -0.462. The van der Waals surface area contributed by atoms with Gasteiger partial charge in [0.2, 0.25) is 14.3 Å². The van der Waals surface area contributed by atoms with Crippen LogP contribution in [0.3, 0.4) is 0 Å². The molecule has 8 rings (SSSR count). The SMILES string of the molecule is c1ccc2c(c1)[I+]c1c-2cc2ccccc2c1-c1c2c(cc3ccccc13)-c1ccccc1[I+]2. The van der Waals surface area contributed by atoms with Gasteiger partial charge in [-0.2, -0.15) is 0 Å². The number of halogens is 2. The first-order valence-corrected chi connectivity index (χ1v) is 15.8. The fraction of sp³-hybridized carbons (Fsp3) is 0. The maximum atomic E-state index is 2.45. The van der Waals surface area contributed by atoms with Crippen LogP contribution in [0.2, 0.25) is 0 Å². The van der Waals surface area contributed by atoms with E-state index in [1.807, 2.05) is 0 Å². The van der Waals surface area contributed by atoms with E-state index in [-0.39, 0.29) is 42.4 Å². The zero-order valence-corrected chi connectivity index (χ0v) is 22.5. The Balaban J connectivity index is 1.56. The van der Waals surface area contributed by atoms with Gasteiger partial charge < -0.3 is 0 Å². The van der Waals surface area contributed by atoms with Gasteiger partial charge in [0.1, 0.15) is 0 Å². The topological polar surface area (TPSA) is 0 Å². The molecule has 0 unspecified atom stereocenters. The molecule has 0 saturated carbocycles. The first-order valence-electron chi connectivity index (χ1n) is 11.5. The minimum atomic E-state index is -0.231. The average molecular weight is 656 g/mol. The van der Waals surface area contributed by atoms with E-state index >= 15 is 0 Å². The third-order valence-corrected chi connectivity index (χ3v) is 13.3. The first-order chi connectivity index (χ1) is 16.9. The van der Waals surface area contributed by atoms with Crippen LogP contribution in [0.5, 0.6) is 0 Å². The molecule has 2 aliphatic rings. The molecule has 158 valence electrons. The molecule has 2 heterocycles. The Kier molecular flexibility index (Phi) is 4.26. The van der Waals surface area contributed by atoms with Gasteiger partial charge in [-0.1, -0.05) is 72.8 Å². The lowest BCUT2D eigenvalue weighted by Crippen LogP contribution is -3.61. The lowest BCUT2D eigenvalue weighted by molar-refractivity contribution is -0.591. The highest BCUT2D eigenvalue weighted by atomic mass is 127. The molecule has 0 atom stereocenters. The molecule has 0 nitrogen and oxygen atoms in total. The van der Waals surface area contributed by atoms with E-state index < -0.39 is 0 Å². The van der Waals surface area contributed by atoms with Crippen LogP contribution in [0.25, 0.3) is 54.9 Å². The van der Waals surface area contributed by atoms with Gasteiger partial charge in [-0.25, -0.2) is 0 Å². The van der Waals surface area contributed by atoms with Gasteiger partial charge in [0, 0.05) is 33.4 Å². The first kappa shape index (κ1) is 19.6. The Morgan fingerprint density at radius 3 is 1.29 bits per heavy atom. The largest absolute Gasteiger partial charge is 0.360 e. The Morgan fingerprint density at radius 2 is 0.794 bits per heavy atom. The molecule has 0 saturated heterocycles. The standard InChI is InChI=1S/C32H18I2/c1-3-11-21-19(9-1)17-25-23-13-5-7-15-27(23)33-31(25)29(21)30-22-12-4-2-10-20(22)18-26-24-14-6-8-16-28(24)34-32(26)30/h1-18H/q+2. The van der Waals surface area contributed by atoms with Crippen molar-refractivity contribution in [3.05, 3.63) is 123 Å². The number of benzene rings is 6. The highest BCUT2D eigenvalue weighted by molar-refractivity contribution is 6.08. The zero-order chi connectivity index (χ0) is 22.2. The molecule has 2 heteroatoms. The molecule has 0 bridgehead atoms. The summed E-state index contributed by atoms with van der Waals surface area (Å²) < 4.78 is 6.33. The van der Waals surface area contributed by atoms with E-state index in [9.17, 15) is 0 Å².